The molecule has 3 rings (SSSR count). The second kappa shape index (κ2) is 6.77. The Labute approximate surface area is 135 Å². The molecule has 0 radical (unpaired) electrons. The Bertz CT molecular complexity index is 629. The number of methoxy groups -OCH3 is 1. The molecule has 1 aliphatic rings. The maximum Gasteiger partial charge on any atom is 0.129 e. The fraction of sp³-hybridized carbons (Fsp3) is 0.471. The maximum absolute atomic E-state index is 10.0. The molecule has 2 unspecified atom stereocenters. The first-order valence-electron chi connectivity index (χ1n) is 7.65. The summed E-state index contributed by atoms with van der Waals surface area (Å²) in [5.41, 5.74) is 2.10. The number of hydrogen-bond donors (Lipinski definition) is 1. The van der Waals surface area contributed by atoms with Crippen molar-refractivity contribution in [2.24, 2.45) is 5.92 Å². The number of para-hydroxylation sites is 1. The number of aliphatic hydroxyl groups excluding tert-OH is 1. The van der Waals surface area contributed by atoms with Gasteiger partial charge in [0.05, 0.1) is 24.5 Å². The summed E-state index contributed by atoms with van der Waals surface area (Å²) in [4.78, 5) is 7.03. The van der Waals surface area contributed by atoms with Crippen LogP contribution in [-0.4, -0.2) is 41.3 Å². The third-order valence-electron chi connectivity index (χ3n) is 4.28. The number of aromatic nitrogens is 1. The van der Waals surface area contributed by atoms with Crippen LogP contribution in [0.3, 0.4) is 0 Å². The Morgan fingerprint density at radius 3 is 3.00 bits per heavy atom. The zero-order chi connectivity index (χ0) is 15.5. The van der Waals surface area contributed by atoms with Crippen LogP contribution in [0, 0.1) is 5.92 Å². The predicted molar refractivity (Wildman–Crippen MR) is 89.2 cm³/mol. The molecule has 1 aliphatic heterocycles. The van der Waals surface area contributed by atoms with Gasteiger partial charge in [0.2, 0.25) is 0 Å². The zero-order valence-electron chi connectivity index (χ0n) is 13.0. The van der Waals surface area contributed by atoms with Crippen molar-refractivity contribution in [2.75, 3.05) is 20.2 Å². The minimum Gasteiger partial charge on any atom is -0.496 e. The number of β-amino-alcohol motifs (C(OH)–C–C–N with tert-alkyl or cyclic N) is 1. The number of piperidine rings is 1. The van der Waals surface area contributed by atoms with E-state index in [1.54, 1.807) is 18.4 Å². The molecule has 0 saturated carbocycles. The fourth-order valence-electron chi connectivity index (χ4n) is 2.81. The molecule has 1 fully saturated rings. The predicted octanol–water partition coefficient (Wildman–Crippen LogP) is 3.02. The van der Waals surface area contributed by atoms with Crippen molar-refractivity contribution in [1.82, 2.24) is 9.88 Å². The van der Waals surface area contributed by atoms with Gasteiger partial charge in [-0.3, -0.25) is 4.90 Å². The smallest absolute Gasteiger partial charge is 0.129 e. The van der Waals surface area contributed by atoms with Gasteiger partial charge in [-0.25, -0.2) is 4.98 Å². The van der Waals surface area contributed by atoms with Crippen LogP contribution in [0.1, 0.15) is 19.0 Å². The molecule has 0 amide bonds. The lowest BCUT2D eigenvalue weighted by molar-refractivity contribution is 0.0255. The van der Waals surface area contributed by atoms with Crippen LogP contribution in [-0.2, 0) is 6.54 Å². The van der Waals surface area contributed by atoms with E-state index in [1.807, 2.05) is 24.3 Å². The third-order valence-corrected chi connectivity index (χ3v) is 5.20. The van der Waals surface area contributed by atoms with E-state index in [4.69, 9.17) is 9.72 Å². The van der Waals surface area contributed by atoms with Gasteiger partial charge in [0.1, 0.15) is 10.8 Å². The van der Waals surface area contributed by atoms with Gasteiger partial charge in [0, 0.05) is 18.5 Å². The highest BCUT2D eigenvalue weighted by atomic mass is 32.1. The molecule has 1 aromatic heterocycles. The lowest BCUT2D eigenvalue weighted by Crippen LogP contribution is -2.42. The van der Waals surface area contributed by atoms with Crippen molar-refractivity contribution in [3.05, 3.63) is 35.3 Å². The van der Waals surface area contributed by atoms with Crippen molar-refractivity contribution in [3.63, 3.8) is 0 Å². The molecular formula is C17H22N2O2S. The number of likely N-dealkylation sites (tertiary alicyclic amines) is 1. The SMILES string of the molecule is COc1ccccc1-c1nc(CN2CCC(C)C(O)C2)cs1. The molecule has 2 aromatic rings. The number of aliphatic hydroxyl groups is 1. The van der Waals surface area contributed by atoms with Crippen LogP contribution in [0.15, 0.2) is 29.6 Å². The first-order valence-corrected chi connectivity index (χ1v) is 8.53. The van der Waals surface area contributed by atoms with Crippen molar-refractivity contribution < 1.29 is 9.84 Å². The number of nitrogens with zero attached hydrogens (tertiary/aromatic N) is 2. The van der Waals surface area contributed by atoms with Gasteiger partial charge in [-0.2, -0.15) is 0 Å². The minimum atomic E-state index is -0.221. The normalized spacial score (nSPS) is 22.7. The van der Waals surface area contributed by atoms with E-state index in [0.29, 0.717) is 5.92 Å². The zero-order valence-corrected chi connectivity index (χ0v) is 13.8. The fourth-order valence-corrected chi connectivity index (χ4v) is 3.65. The molecule has 1 N–H and O–H groups in total. The maximum atomic E-state index is 10.0. The van der Waals surface area contributed by atoms with Gasteiger partial charge >= 0.3 is 0 Å². The average molecular weight is 318 g/mol. The molecule has 5 heteroatoms. The summed E-state index contributed by atoms with van der Waals surface area (Å²) in [6.45, 7) is 4.68. The molecule has 0 spiro atoms. The summed E-state index contributed by atoms with van der Waals surface area (Å²) in [6.07, 6.45) is 0.825. The van der Waals surface area contributed by atoms with E-state index in [0.717, 1.165) is 48.1 Å². The van der Waals surface area contributed by atoms with E-state index >= 15 is 0 Å². The monoisotopic (exact) mass is 318 g/mol. The van der Waals surface area contributed by atoms with Crippen LogP contribution >= 0.6 is 11.3 Å². The number of hydrogen-bond acceptors (Lipinski definition) is 5. The molecule has 118 valence electrons. The Morgan fingerprint density at radius 2 is 2.23 bits per heavy atom. The molecule has 2 atom stereocenters. The van der Waals surface area contributed by atoms with E-state index in [-0.39, 0.29) is 6.10 Å². The first-order chi connectivity index (χ1) is 10.7. The molecule has 22 heavy (non-hydrogen) atoms. The highest BCUT2D eigenvalue weighted by Gasteiger charge is 2.24. The highest BCUT2D eigenvalue weighted by Crippen LogP contribution is 2.32. The molecule has 1 saturated heterocycles. The lowest BCUT2D eigenvalue weighted by Gasteiger charge is -2.33. The van der Waals surface area contributed by atoms with Crippen molar-refractivity contribution in [2.45, 2.75) is 26.0 Å². The summed E-state index contributed by atoms with van der Waals surface area (Å²) in [5.74, 6) is 1.25. The quantitative estimate of drug-likeness (QED) is 0.941. The summed E-state index contributed by atoms with van der Waals surface area (Å²) in [7, 11) is 1.68. The van der Waals surface area contributed by atoms with Crippen LogP contribution in [0.5, 0.6) is 5.75 Å². The Kier molecular flexibility index (Phi) is 4.76. The summed E-state index contributed by atoms with van der Waals surface area (Å²) in [6, 6.07) is 7.96. The minimum absolute atomic E-state index is 0.221. The van der Waals surface area contributed by atoms with Crippen molar-refractivity contribution in [1.29, 1.82) is 0 Å². The van der Waals surface area contributed by atoms with Gasteiger partial charge in [-0.05, 0) is 31.0 Å². The summed E-state index contributed by atoms with van der Waals surface area (Å²) >= 11 is 1.64. The van der Waals surface area contributed by atoms with Gasteiger partial charge in [-0.1, -0.05) is 19.1 Å². The van der Waals surface area contributed by atoms with Crippen LogP contribution < -0.4 is 4.74 Å². The number of benzene rings is 1. The van der Waals surface area contributed by atoms with Gasteiger partial charge < -0.3 is 9.84 Å². The average Bonchev–Trinajstić information content (AvgIpc) is 2.99. The Hall–Kier alpha value is -1.43. The van der Waals surface area contributed by atoms with Crippen molar-refractivity contribution in [3.8, 4) is 16.3 Å². The second-order valence-corrected chi connectivity index (χ2v) is 6.77. The molecule has 4 nitrogen and oxygen atoms in total. The Morgan fingerprint density at radius 1 is 1.41 bits per heavy atom. The molecule has 2 heterocycles. The number of thiazole rings is 1. The van der Waals surface area contributed by atoms with Gasteiger partial charge in [0.15, 0.2) is 0 Å². The topological polar surface area (TPSA) is 45.6 Å². The highest BCUT2D eigenvalue weighted by molar-refractivity contribution is 7.13. The van der Waals surface area contributed by atoms with Crippen molar-refractivity contribution >= 4 is 11.3 Å². The molecule has 0 aliphatic carbocycles. The third kappa shape index (κ3) is 3.32. The van der Waals surface area contributed by atoms with E-state index in [2.05, 4.69) is 17.2 Å². The number of rotatable bonds is 4. The standard InChI is InChI=1S/C17H22N2O2S/c1-12-7-8-19(10-15(12)20)9-13-11-22-17(18-13)14-5-3-4-6-16(14)21-2/h3-6,11-12,15,20H,7-10H2,1-2H3. The van der Waals surface area contributed by atoms with Crippen LogP contribution in [0.2, 0.25) is 0 Å². The van der Waals surface area contributed by atoms with Crippen LogP contribution in [0.4, 0.5) is 0 Å². The van der Waals surface area contributed by atoms with E-state index < -0.39 is 0 Å². The lowest BCUT2D eigenvalue weighted by atomic mass is 9.96. The van der Waals surface area contributed by atoms with Crippen LogP contribution in [0.25, 0.3) is 10.6 Å². The molecular weight excluding hydrogens is 296 g/mol. The van der Waals surface area contributed by atoms with E-state index in [9.17, 15) is 5.11 Å². The molecule has 1 aromatic carbocycles. The Balaban J connectivity index is 1.71. The summed E-state index contributed by atoms with van der Waals surface area (Å²) in [5, 5.41) is 13.1. The first kappa shape index (κ1) is 15.5. The van der Waals surface area contributed by atoms with Gasteiger partial charge in [-0.15, -0.1) is 11.3 Å². The second-order valence-electron chi connectivity index (χ2n) is 5.91. The van der Waals surface area contributed by atoms with E-state index in [1.165, 1.54) is 0 Å². The number of ether oxygens (including phenoxy) is 1. The van der Waals surface area contributed by atoms with Gasteiger partial charge in [0.25, 0.3) is 0 Å². The summed E-state index contributed by atoms with van der Waals surface area (Å²) < 4.78 is 5.41. The largest absolute Gasteiger partial charge is 0.496 e. The molecule has 0 bridgehead atoms.